The van der Waals surface area contributed by atoms with E-state index in [1.165, 1.54) is 44.9 Å². The smallest absolute Gasteiger partial charge is 0.00199 e. The monoisotopic (exact) mass is 221 g/mol. The van der Waals surface area contributed by atoms with Crippen LogP contribution in [0.3, 0.4) is 0 Å². The predicted molar refractivity (Wildman–Crippen MR) is 68.1 cm³/mol. The van der Waals surface area contributed by atoms with Crippen LogP contribution in [0.1, 0.15) is 65.7 Å². The molecule has 0 saturated heterocycles. The molecule has 0 radical (unpaired) electrons. The van der Waals surface area contributed by atoms with Crippen LogP contribution in [0.15, 0.2) is 0 Å². The minimum absolute atomic E-state index is 0.508. The zero-order chi connectivity index (χ0) is 11.7. The van der Waals surface area contributed by atoms with Crippen LogP contribution in [0, 0.1) is 21.7 Å². The molecule has 2 unspecified atom stereocenters. The second-order valence-electron chi connectivity index (χ2n) is 8.24. The number of hydrogen-bond acceptors (Lipinski definition) is 1. The summed E-state index contributed by atoms with van der Waals surface area (Å²) in [5.41, 5.74) is 8.54. The molecule has 0 spiro atoms. The highest BCUT2D eigenvalue weighted by molar-refractivity contribution is 5.15. The summed E-state index contributed by atoms with van der Waals surface area (Å²) < 4.78 is 0. The molecule has 16 heavy (non-hydrogen) atoms. The lowest BCUT2D eigenvalue weighted by atomic mass is 9.36. The third-order valence-corrected chi connectivity index (χ3v) is 5.99. The van der Waals surface area contributed by atoms with Crippen molar-refractivity contribution in [3.8, 4) is 0 Å². The Hall–Kier alpha value is -0.0400. The van der Waals surface area contributed by atoms with Crippen LogP contribution in [-0.2, 0) is 0 Å². The second-order valence-corrected chi connectivity index (χ2v) is 8.24. The van der Waals surface area contributed by atoms with Crippen molar-refractivity contribution in [3.63, 3.8) is 0 Å². The van der Waals surface area contributed by atoms with Gasteiger partial charge in [-0.15, -0.1) is 0 Å². The van der Waals surface area contributed by atoms with Crippen molar-refractivity contribution in [2.75, 3.05) is 6.54 Å². The Morgan fingerprint density at radius 1 is 0.812 bits per heavy atom. The number of rotatable bonds is 2. The lowest BCUT2D eigenvalue weighted by Crippen LogP contribution is -2.61. The van der Waals surface area contributed by atoms with Gasteiger partial charge in [0.05, 0.1) is 0 Å². The van der Waals surface area contributed by atoms with Crippen molar-refractivity contribution < 1.29 is 0 Å². The normalized spacial score (nSPS) is 59.2. The topological polar surface area (TPSA) is 26.0 Å². The first-order valence-corrected chi connectivity index (χ1v) is 7.07. The van der Waals surface area contributed by atoms with Crippen molar-refractivity contribution in [2.45, 2.75) is 65.7 Å². The molecule has 0 aromatic rings. The number of hydrogen-bond donors (Lipinski definition) is 1. The Balaban J connectivity index is 2.06. The summed E-state index contributed by atoms with van der Waals surface area (Å²) in [6.45, 7) is 8.42. The third kappa shape index (κ3) is 1.33. The van der Waals surface area contributed by atoms with Crippen LogP contribution in [-0.4, -0.2) is 6.54 Å². The molecule has 0 aromatic carbocycles. The van der Waals surface area contributed by atoms with Crippen molar-refractivity contribution in [1.29, 1.82) is 0 Å². The van der Waals surface area contributed by atoms with Crippen molar-refractivity contribution in [2.24, 2.45) is 27.4 Å². The molecular formula is C15H27N. The average Bonchev–Trinajstić information content (AvgIpc) is 2.12. The first-order valence-electron chi connectivity index (χ1n) is 7.07. The van der Waals surface area contributed by atoms with Crippen LogP contribution < -0.4 is 5.73 Å². The molecule has 0 aliphatic heterocycles. The van der Waals surface area contributed by atoms with Crippen LogP contribution in [0.4, 0.5) is 0 Å². The van der Waals surface area contributed by atoms with Crippen molar-refractivity contribution in [3.05, 3.63) is 0 Å². The molecular weight excluding hydrogens is 194 g/mol. The first-order chi connectivity index (χ1) is 7.36. The summed E-state index contributed by atoms with van der Waals surface area (Å²) in [7, 11) is 0. The molecule has 2 N–H and O–H groups in total. The summed E-state index contributed by atoms with van der Waals surface area (Å²) >= 11 is 0. The van der Waals surface area contributed by atoms with Gasteiger partial charge in [0, 0.05) is 0 Å². The van der Waals surface area contributed by atoms with Gasteiger partial charge in [0.1, 0.15) is 0 Å². The summed E-state index contributed by atoms with van der Waals surface area (Å²) in [6, 6.07) is 0. The largest absolute Gasteiger partial charge is 0.330 e. The minimum Gasteiger partial charge on any atom is -0.330 e. The Kier molecular flexibility index (Phi) is 1.98. The highest BCUT2D eigenvalue weighted by atomic mass is 14.7. The predicted octanol–water partition coefficient (Wildman–Crippen LogP) is 3.72. The average molecular weight is 221 g/mol. The zero-order valence-electron chi connectivity index (χ0n) is 11.2. The van der Waals surface area contributed by atoms with Gasteiger partial charge in [-0.3, -0.25) is 0 Å². The minimum atomic E-state index is 0.508. The van der Waals surface area contributed by atoms with E-state index in [9.17, 15) is 0 Å². The molecule has 92 valence electrons. The Morgan fingerprint density at radius 3 is 1.75 bits per heavy atom. The molecule has 4 aliphatic carbocycles. The van der Waals surface area contributed by atoms with Crippen LogP contribution >= 0.6 is 0 Å². The molecule has 1 nitrogen and oxygen atoms in total. The van der Waals surface area contributed by atoms with Gasteiger partial charge in [0.25, 0.3) is 0 Å². The maximum Gasteiger partial charge on any atom is -0.00199 e. The standard InChI is InChI=1S/C15H27N/c1-4-14-6-12(2)5-13(3,7-14)9-15(8-12,10-14)11-16/h4-11,16H2,1-3H3. The molecule has 4 saturated carbocycles. The van der Waals surface area contributed by atoms with E-state index in [0.717, 1.165) is 6.54 Å². The fourth-order valence-electron chi connectivity index (χ4n) is 6.79. The fourth-order valence-corrected chi connectivity index (χ4v) is 6.79. The van der Waals surface area contributed by atoms with Gasteiger partial charge < -0.3 is 5.73 Å². The summed E-state index contributed by atoms with van der Waals surface area (Å²) in [4.78, 5) is 0. The summed E-state index contributed by atoms with van der Waals surface area (Å²) in [6.07, 6.45) is 10.0. The van der Waals surface area contributed by atoms with Gasteiger partial charge in [-0.25, -0.2) is 0 Å². The van der Waals surface area contributed by atoms with E-state index in [1.807, 2.05) is 0 Å². The van der Waals surface area contributed by atoms with E-state index in [4.69, 9.17) is 5.73 Å². The van der Waals surface area contributed by atoms with E-state index in [2.05, 4.69) is 20.8 Å². The fraction of sp³-hybridized carbons (Fsp3) is 1.00. The Bertz CT molecular complexity index is 275. The second kappa shape index (κ2) is 2.85. The van der Waals surface area contributed by atoms with Crippen molar-refractivity contribution >= 4 is 0 Å². The number of nitrogens with two attached hydrogens (primary N) is 1. The van der Waals surface area contributed by atoms with Gasteiger partial charge in [-0.1, -0.05) is 27.2 Å². The van der Waals surface area contributed by atoms with Crippen LogP contribution in [0.25, 0.3) is 0 Å². The molecule has 4 rings (SSSR count). The third-order valence-electron chi connectivity index (χ3n) is 5.99. The summed E-state index contributed by atoms with van der Waals surface area (Å²) in [5.74, 6) is 0. The summed E-state index contributed by atoms with van der Waals surface area (Å²) in [5, 5.41) is 0. The van der Waals surface area contributed by atoms with Gasteiger partial charge in [0.15, 0.2) is 0 Å². The van der Waals surface area contributed by atoms with Crippen LogP contribution in [0.5, 0.6) is 0 Å². The van der Waals surface area contributed by atoms with E-state index < -0.39 is 0 Å². The molecule has 4 fully saturated rings. The highest BCUT2D eigenvalue weighted by Gasteiger charge is 2.64. The Labute approximate surface area is 100 Å². The van der Waals surface area contributed by atoms with Gasteiger partial charge >= 0.3 is 0 Å². The van der Waals surface area contributed by atoms with E-state index in [1.54, 1.807) is 0 Å². The molecule has 4 aliphatic rings. The zero-order valence-corrected chi connectivity index (χ0v) is 11.2. The van der Waals surface area contributed by atoms with E-state index >= 15 is 0 Å². The van der Waals surface area contributed by atoms with E-state index in [0.29, 0.717) is 21.7 Å². The lowest BCUT2D eigenvalue weighted by Gasteiger charge is -2.69. The quantitative estimate of drug-likeness (QED) is 0.755. The first kappa shape index (κ1) is 11.1. The maximum atomic E-state index is 6.16. The Morgan fingerprint density at radius 2 is 1.31 bits per heavy atom. The highest BCUT2D eigenvalue weighted by Crippen LogP contribution is 2.74. The molecule has 0 heterocycles. The molecule has 4 bridgehead atoms. The van der Waals surface area contributed by atoms with Gasteiger partial charge in [0.2, 0.25) is 0 Å². The van der Waals surface area contributed by atoms with E-state index in [-0.39, 0.29) is 0 Å². The molecule has 0 amide bonds. The lowest BCUT2D eigenvalue weighted by molar-refractivity contribution is -0.187. The molecule has 1 heteroatoms. The molecule has 0 aromatic heterocycles. The van der Waals surface area contributed by atoms with Gasteiger partial charge in [-0.05, 0) is 66.7 Å². The SMILES string of the molecule is CCC12CC3(C)CC(C)(C1)CC(CN)(C3)C2. The van der Waals surface area contributed by atoms with Gasteiger partial charge in [-0.2, -0.15) is 0 Å². The molecule has 2 atom stereocenters. The van der Waals surface area contributed by atoms with Crippen molar-refractivity contribution in [1.82, 2.24) is 0 Å². The maximum absolute atomic E-state index is 6.16. The van der Waals surface area contributed by atoms with Crippen LogP contribution in [0.2, 0.25) is 0 Å².